The summed E-state index contributed by atoms with van der Waals surface area (Å²) in [5, 5.41) is 0. The van der Waals surface area contributed by atoms with Crippen LogP contribution in [0.25, 0.3) is 0 Å². The van der Waals surface area contributed by atoms with E-state index in [4.69, 9.17) is 9.47 Å². The minimum Gasteiger partial charge on any atom is -0.462 e. The van der Waals surface area contributed by atoms with Gasteiger partial charge in [-0.25, -0.2) is 4.79 Å². The Balaban J connectivity index is 1.72. The zero-order valence-corrected chi connectivity index (χ0v) is 20.4. The van der Waals surface area contributed by atoms with Gasteiger partial charge in [-0.2, -0.15) is 0 Å². The number of hydrogen-bond donors (Lipinski definition) is 0. The first-order chi connectivity index (χ1) is 15.0. The largest absolute Gasteiger partial charge is 0.462 e. The molecule has 0 aliphatic heterocycles. The Labute approximate surface area is 192 Å². The number of hydrogen-bond acceptors (Lipinski definition) is 5. The van der Waals surface area contributed by atoms with Gasteiger partial charge in [-0.15, -0.1) is 0 Å². The molecule has 1 spiro atoms. The lowest BCUT2D eigenvalue weighted by molar-refractivity contribution is -0.218. The number of fused-ring (bicyclic) bond motifs is 3. The monoisotopic (exact) mass is 442 g/mol. The van der Waals surface area contributed by atoms with E-state index in [1.54, 1.807) is 0 Å². The highest BCUT2D eigenvalue weighted by molar-refractivity contribution is 5.88. The molecule has 0 aromatic heterocycles. The molecule has 0 N–H and O–H groups in total. The second-order valence-electron chi connectivity index (χ2n) is 11.5. The van der Waals surface area contributed by atoms with Crippen molar-refractivity contribution in [3.63, 3.8) is 0 Å². The molecule has 176 valence electrons. The van der Waals surface area contributed by atoms with Crippen molar-refractivity contribution in [3.05, 3.63) is 23.8 Å². The zero-order chi connectivity index (χ0) is 23.5. The van der Waals surface area contributed by atoms with E-state index in [0.717, 1.165) is 38.4 Å². The molecule has 5 nitrogen and oxygen atoms in total. The Kier molecular flexibility index (Phi) is 5.50. The summed E-state index contributed by atoms with van der Waals surface area (Å²) in [5.74, 6) is -0.0940. The molecule has 32 heavy (non-hydrogen) atoms. The average Bonchev–Trinajstić information content (AvgIpc) is 2.90. The van der Waals surface area contributed by atoms with Crippen molar-refractivity contribution < 1.29 is 23.9 Å². The summed E-state index contributed by atoms with van der Waals surface area (Å²) in [6.45, 7) is 11.6. The zero-order valence-electron chi connectivity index (χ0n) is 20.4. The van der Waals surface area contributed by atoms with E-state index in [2.05, 4.69) is 26.0 Å². The predicted molar refractivity (Wildman–Crippen MR) is 122 cm³/mol. The summed E-state index contributed by atoms with van der Waals surface area (Å²) in [5.41, 5.74) is -0.480. The van der Waals surface area contributed by atoms with Gasteiger partial charge in [-0.3, -0.25) is 4.79 Å². The van der Waals surface area contributed by atoms with E-state index >= 15 is 0 Å². The van der Waals surface area contributed by atoms with Crippen molar-refractivity contribution in [3.8, 4) is 0 Å². The third kappa shape index (κ3) is 3.06. The number of ether oxygens (including phenoxy) is 2. The molecule has 3 fully saturated rings. The van der Waals surface area contributed by atoms with Crippen molar-refractivity contribution in [2.75, 3.05) is 0 Å². The first-order valence-electron chi connectivity index (χ1n) is 12.1. The average molecular weight is 443 g/mol. The first kappa shape index (κ1) is 23.3. The SMILES string of the molecule is C/C=C(\C)C(=O)O[C@@H]1[C@]23C=C[C@@]1(C)CC[C@@H]2[C@]1(C)CC[C@@H](OC(C)=O)[C@@](C)(C=O)[C@H]1CC3. The summed E-state index contributed by atoms with van der Waals surface area (Å²) in [6, 6.07) is 0. The molecule has 0 heterocycles. The standard InChI is InChI=1S/C27H38O5/c1-7-17(2)22(30)32-23-24(4)11-8-20-25(5)12-10-21(31-18(3)29)26(6,16-28)19(25)9-13-27(20,23)15-14-24/h7,14-16,19-21,23H,8-13H2,1-6H3/b17-7+/t19-,20+,21+,23-,24+,25+,26-,27+/m0/s1. The lowest BCUT2D eigenvalue weighted by Gasteiger charge is -2.66. The van der Waals surface area contributed by atoms with Gasteiger partial charge in [0.1, 0.15) is 18.5 Å². The summed E-state index contributed by atoms with van der Waals surface area (Å²) in [7, 11) is 0. The van der Waals surface area contributed by atoms with E-state index in [9.17, 15) is 14.4 Å². The summed E-state index contributed by atoms with van der Waals surface area (Å²) >= 11 is 0. The van der Waals surface area contributed by atoms with Crippen LogP contribution in [0, 0.1) is 33.5 Å². The van der Waals surface area contributed by atoms with Crippen LogP contribution in [0.15, 0.2) is 23.8 Å². The third-order valence-electron chi connectivity index (χ3n) is 9.87. The van der Waals surface area contributed by atoms with Crippen molar-refractivity contribution in [2.24, 2.45) is 33.5 Å². The predicted octanol–water partition coefficient (Wildman–Crippen LogP) is 5.18. The number of allylic oxidation sites excluding steroid dienone is 1. The topological polar surface area (TPSA) is 69.7 Å². The summed E-state index contributed by atoms with van der Waals surface area (Å²) in [4.78, 5) is 37.0. The Bertz CT molecular complexity index is 888. The Morgan fingerprint density at radius 1 is 0.938 bits per heavy atom. The molecule has 3 saturated carbocycles. The molecule has 0 aromatic carbocycles. The molecule has 5 heteroatoms. The molecular formula is C27H38O5. The van der Waals surface area contributed by atoms with Gasteiger partial charge in [0.25, 0.3) is 0 Å². The second kappa shape index (κ2) is 7.56. The first-order valence-corrected chi connectivity index (χ1v) is 12.1. The number of rotatable bonds is 4. The Morgan fingerprint density at radius 3 is 2.25 bits per heavy atom. The highest BCUT2D eigenvalue weighted by atomic mass is 16.5. The van der Waals surface area contributed by atoms with E-state index in [-0.39, 0.29) is 46.3 Å². The fourth-order valence-electron chi connectivity index (χ4n) is 8.12. The lowest BCUT2D eigenvalue weighted by atomic mass is 9.39. The number of carbonyl (C=O) groups excluding carboxylic acids is 3. The highest BCUT2D eigenvalue weighted by Crippen LogP contribution is 2.72. The van der Waals surface area contributed by atoms with E-state index in [0.29, 0.717) is 17.9 Å². The minimum atomic E-state index is -0.697. The molecule has 0 unspecified atom stereocenters. The maximum absolute atomic E-state index is 12.8. The van der Waals surface area contributed by atoms with Crippen molar-refractivity contribution in [1.82, 2.24) is 0 Å². The molecule has 0 amide bonds. The highest BCUT2D eigenvalue weighted by Gasteiger charge is 2.70. The molecule has 2 bridgehead atoms. The maximum atomic E-state index is 12.8. The van der Waals surface area contributed by atoms with E-state index in [1.165, 1.54) is 6.92 Å². The van der Waals surface area contributed by atoms with Crippen LogP contribution >= 0.6 is 0 Å². The van der Waals surface area contributed by atoms with Crippen LogP contribution in [0.4, 0.5) is 0 Å². The van der Waals surface area contributed by atoms with Crippen LogP contribution in [0.1, 0.15) is 80.1 Å². The molecule has 0 aromatic rings. The van der Waals surface area contributed by atoms with Gasteiger partial charge in [0, 0.05) is 23.3 Å². The Hall–Kier alpha value is -1.91. The minimum absolute atomic E-state index is 0.0825. The van der Waals surface area contributed by atoms with Gasteiger partial charge >= 0.3 is 11.9 Å². The molecule has 4 rings (SSSR count). The second-order valence-corrected chi connectivity index (χ2v) is 11.5. The maximum Gasteiger partial charge on any atom is 0.333 e. The van der Waals surface area contributed by atoms with Gasteiger partial charge in [0.05, 0.1) is 5.41 Å². The van der Waals surface area contributed by atoms with E-state index in [1.807, 2.05) is 26.8 Å². The van der Waals surface area contributed by atoms with Crippen LogP contribution in [0.3, 0.4) is 0 Å². The van der Waals surface area contributed by atoms with Gasteiger partial charge < -0.3 is 14.3 Å². The number of carbonyl (C=O) groups is 3. The van der Waals surface area contributed by atoms with Crippen LogP contribution in [0.5, 0.6) is 0 Å². The molecular weight excluding hydrogens is 404 g/mol. The Morgan fingerprint density at radius 2 is 1.62 bits per heavy atom. The normalized spacial score (nSPS) is 47.2. The molecule has 0 saturated heterocycles. The fourth-order valence-corrected chi connectivity index (χ4v) is 8.12. The van der Waals surface area contributed by atoms with Crippen LogP contribution in [-0.2, 0) is 23.9 Å². The van der Waals surface area contributed by atoms with Crippen LogP contribution in [0.2, 0.25) is 0 Å². The van der Waals surface area contributed by atoms with Gasteiger partial charge in [-0.05, 0) is 76.5 Å². The smallest absolute Gasteiger partial charge is 0.333 e. The molecule has 0 radical (unpaired) electrons. The quantitative estimate of drug-likeness (QED) is 0.260. The third-order valence-corrected chi connectivity index (χ3v) is 9.87. The number of esters is 2. The summed E-state index contributed by atoms with van der Waals surface area (Å²) in [6.07, 6.45) is 12.3. The van der Waals surface area contributed by atoms with Crippen molar-refractivity contribution in [2.45, 2.75) is 92.3 Å². The van der Waals surface area contributed by atoms with Crippen LogP contribution in [-0.4, -0.2) is 30.4 Å². The van der Waals surface area contributed by atoms with Crippen molar-refractivity contribution in [1.29, 1.82) is 0 Å². The van der Waals surface area contributed by atoms with Crippen molar-refractivity contribution >= 4 is 18.2 Å². The van der Waals surface area contributed by atoms with Crippen LogP contribution < -0.4 is 0 Å². The van der Waals surface area contributed by atoms with Gasteiger partial charge in [-0.1, -0.05) is 32.1 Å². The fraction of sp³-hybridized carbons (Fsp3) is 0.741. The number of aldehydes is 1. The molecule has 4 aliphatic rings. The van der Waals surface area contributed by atoms with Gasteiger partial charge in [0.2, 0.25) is 0 Å². The molecule has 8 atom stereocenters. The molecule has 4 aliphatic carbocycles. The van der Waals surface area contributed by atoms with Gasteiger partial charge in [0.15, 0.2) is 0 Å². The van der Waals surface area contributed by atoms with E-state index < -0.39 is 5.41 Å². The summed E-state index contributed by atoms with van der Waals surface area (Å²) < 4.78 is 11.9. The lowest BCUT2D eigenvalue weighted by Crippen LogP contribution is -2.64.